The van der Waals surface area contributed by atoms with Gasteiger partial charge in [-0.15, -0.1) is 0 Å². The van der Waals surface area contributed by atoms with Crippen molar-refractivity contribution in [3.63, 3.8) is 0 Å². The third-order valence-corrected chi connectivity index (χ3v) is 7.20. The molecule has 2 amide bonds. The topological polar surface area (TPSA) is 66.5 Å². The van der Waals surface area contributed by atoms with E-state index >= 15 is 8.78 Å². The fourth-order valence-electron chi connectivity index (χ4n) is 5.30. The lowest BCUT2D eigenvalue weighted by atomic mass is 9.81. The monoisotopic (exact) mass is 476 g/mol. The van der Waals surface area contributed by atoms with Gasteiger partial charge in [0.2, 0.25) is 5.91 Å². The molecule has 3 rings (SSSR count). The molecule has 1 heterocycles. The van der Waals surface area contributed by atoms with Gasteiger partial charge in [-0.25, -0.2) is 8.78 Å². The van der Waals surface area contributed by atoms with Crippen LogP contribution in [0, 0.1) is 17.2 Å². The quantitative estimate of drug-likeness (QED) is 0.605. The Morgan fingerprint density at radius 2 is 1.82 bits per heavy atom. The van der Waals surface area contributed by atoms with Crippen LogP contribution < -0.4 is 5.32 Å². The molecule has 1 aromatic carbocycles. The fraction of sp³-hybridized carbons (Fsp3) is 0.667. The van der Waals surface area contributed by atoms with Crippen molar-refractivity contribution in [1.82, 2.24) is 10.2 Å². The van der Waals surface area contributed by atoms with Crippen molar-refractivity contribution in [2.75, 3.05) is 13.1 Å². The Morgan fingerprint density at radius 3 is 2.44 bits per heavy atom. The molecule has 1 aromatic rings. The summed E-state index contributed by atoms with van der Waals surface area (Å²) in [7, 11) is 0. The fourth-order valence-corrected chi connectivity index (χ4v) is 5.30. The van der Waals surface area contributed by atoms with E-state index in [1.54, 1.807) is 27.7 Å². The highest BCUT2D eigenvalue weighted by Crippen LogP contribution is 2.39. The molecule has 0 aromatic heterocycles. The van der Waals surface area contributed by atoms with Crippen molar-refractivity contribution in [3.8, 4) is 0 Å². The van der Waals surface area contributed by atoms with Crippen LogP contribution in [0.1, 0.15) is 95.0 Å². The van der Waals surface area contributed by atoms with Crippen LogP contribution in [0.25, 0.3) is 0 Å². The van der Waals surface area contributed by atoms with Gasteiger partial charge in [-0.05, 0) is 37.7 Å². The molecule has 1 saturated carbocycles. The highest BCUT2D eigenvalue weighted by molar-refractivity contribution is 5.98. The van der Waals surface area contributed by atoms with Gasteiger partial charge in [0.05, 0.1) is 18.2 Å². The number of hydrogen-bond acceptors (Lipinski definition) is 3. The maximum atomic E-state index is 16.1. The van der Waals surface area contributed by atoms with E-state index in [-0.39, 0.29) is 48.1 Å². The standard InChI is InChI=1S/C27H38F2N2O3/c1-5-21(32)23(18-11-7-6-8-12-18)30-24(33)19-13-9-14-20(22(19)28)27(29)15-10-16-31(17-27)25(34)26(2,3)4/h9,13-14,18,23H,5-8,10-12,15-17H2,1-4H3,(H,30,33). The average Bonchev–Trinajstić information content (AvgIpc) is 2.81. The molecular formula is C27H38F2N2O3. The van der Waals surface area contributed by atoms with Gasteiger partial charge in [0.25, 0.3) is 5.91 Å². The second-order valence-corrected chi connectivity index (χ2v) is 10.9. The zero-order valence-corrected chi connectivity index (χ0v) is 20.9. The van der Waals surface area contributed by atoms with Crippen molar-refractivity contribution in [2.24, 2.45) is 11.3 Å². The summed E-state index contributed by atoms with van der Waals surface area (Å²) in [5.74, 6) is -1.82. The molecule has 0 radical (unpaired) electrons. The van der Waals surface area contributed by atoms with Crippen LogP contribution in [-0.4, -0.2) is 41.6 Å². The Morgan fingerprint density at radius 1 is 1.15 bits per heavy atom. The van der Waals surface area contributed by atoms with Gasteiger partial charge in [0.15, 0.2) is 11.5 Å². The van der Waals surface area contributed by atoms with E-state index < -0.39 is 28.8 Å². The van der Waals surface area contributed by atoms with Gasteiger partial charge >= 0.3 is 0 Å². The largest absolute Gasteiger partial charge is 0.342 e. The van der Waals surface area contributed by atoms with E-state index in [4.69, 9.17) is 0 Å². The van der Waals surface area contributed by atoms with E-state index in [0.29, 0.717) is 13.0 Å². The maximum Gasteiger partial charge on any atom is 0.254 e. The number of nitrogens with zero attached hydrogens (tertiary/aromatic N) is 1. The first-order valence-electron chi connectivity index (χ1n) is 12.6. The number of benzene rings is 1. The van der Waals surface area contributed by atoms with Crippen LogP contribution in [0.4, 0.5) is 8.78 Å². The number of carbonyl (C=O) groups excluding carboxylic acids is 3. The average molecular weight is 477 g/mol. The van der Waals surface area contributed by atoms with Crippen molar-refractivity contribution < 1.29 is 23.2 Å². The summed E-state index contributed by atoms with van der Waals surface area (Å²) >= 11 is 0. The molecule has 2 atom stereocenters. The molecule has 1 saturated heterocycles. The molecule has 1 N–H and O–H groups in total. The number of alkyl halides is 1. The summed E-state index contributed by atoms with van der Waals surface area (Å²) in [5.41, 5.74) is -3.22. The highest BCUT2D eigenvalue weighted by Gasteiger charge is 2.43. The van der Waals surface area contributed by atoms with Gasteiger partial charge < -0.3 is 10.2 Å². The SMILES string of the molecule is CCC(=O)C(NC(=O)c1cccc(C2(F)CCCN(C(=O)C(C)(C)C)C2)c1F)C1CCCCC1. The van der Waals surface area contributed by atoms with Crippen LogP contribution >= 0.6 is 0 Å². The Labute approximate surface area is 201 Å². The lowest BCUT2D eigenvalue weighted by Crippen LogP contribution is -2.50. The number of likely N-dealkylation sites (tertiary alicyclic amines) is 1. The number of piperidine rings is 1. The Balaban J connectivity index is 1.85. The number of rotatable bonds is 6. The first kappa shape index (κ1) is 26.3. The molecule has 0 bridgehead atoms. The van der Waals surface area contributed by atoms with Crippen LogP contribution in [0.2, 0.25) is 0 Å². The second kappa shape index (κ2) is 10.5. The lowest BCUT2D eigenvalue weighted by Gasteiger charge is -2.40. The maximum absolute atomic E-state index is 16.1. The number of nitrogens with one attached hydrogen (secondary N) is 1. The summed E-state index contributed by atoms with van der Waals surface area (Å²) < 4.78 is 31.7. The zero-order chi connectivity index (χ0) is 25.1. The number of halogens is 2. The molecule has 0 spiro atoms. The minimum Gasteiger partial charge on any atom is -0.342 e. The van der Waals surface area contributed by atoms with Crippen molar-refractivity contribution in [2.45, 2.75) is 90.8 Å². The van der Waals surface area contributed by atoms with Gasteiger partial charge in [-0.1, -0.05) is 59.1 Å². The summed E-state index contributed by atoms with van der Waals surface area (Å²) in [5, 5.41) is 2.77. The third-order valence-electron chi connectivity index (χ3n) is 7.20. The first-order valence-corrected chi connectivity index (χ1v) is 12.6. The first-order chi connectivity index (χ1) is 16.0. The summed E-state index contributed by atoms with van der Waals surface area (Å²) in [4.78, 5) is 39.9. The molecule has 5 nitrogen and oxygen atoms in total. The summed E-state index contributed by atoms with van der Waals surface area (Å²) in [6.07, 6.45) is 5.59. The molecule has 188 valence electrons. The van der Waals surface area contributed by atoms with Gasteiger partial charge in [0.1, 0.15) is 5.82 Å². The van der Waals surface area contributed by atoms with Crippen LogP contribution in [-0.2, 0) is 15.3 Å². The van der Waals surface area contributed by atoms with Crippen molar-refractivity contribution in [3.05, 3.63) is 35.1 Å². The number of ketones is 1. The number of Topliss-reactive ketones (excluding diaryl/α,β-unsaturated/α-hetero) is 1. The number of carbonyl (C=O) groups is 3. The summed E-state index contributed by atoms with van der Waals surface area (Å²) in [6, 6.07) is 3.49. The Kier molecular flexibility index (Phi) is 8.14. The van der Waals surface area contributed by atoms with E-state index in [1.165, 1.54) is 23.1 Å². The number of amides is 2. The van der Waals surface area contributed by atoms with Crippen LogP contribution in [0.3, 0.4) is 0 Å². The Bertz CT molecular complexity index is 921. The van der Waals surface area contributed by atoms with Crippen LogP contribution in [0.5, 0.6) is 0 Å². The van der Waals surface area contributed by atoms with E-state index in [1.807, 2.05) is 0 Å². The molecule has 1 aliphatic heterocycles. The van der Waals surface area contributed by atoms with Crippen molar-refractivity contribution in [1.29, 1.82) is 0 Å². The predicted octanol–water partition coefficient (Wildman–Crippen LogP) is 5.32. The normalized spacial score (nSPS) is 22.8. The zero-order valence-electron chi connectivity index (χ0n) is 20.9. The minimum absolute atomic E-state index is 0.0409. The lowest BCUT2D eigenvalue weighted by molar-refractivity contribution is -0.144. The Hall–Kier alpha value is -2.31. The van der Waals surface area contributed by atoms with Crippen molar-refractivity contribution >= 4 is 17.6 Å². The summed E-state index contributed by atoms with van der Waals surface area (Å²) in [6.45, 7) is 7.25. The van der Waals surface area contributed by atoms with Crippen LogP contribution in [0.15, 0.2) is 18.2 Å². The molecular weight excluding hydrogens is 438 g/mol. The minimum atomic E-state index is -2.08. The molecule has 34 heavy (non-hydrogen) atoms. The highest BCUT2D eigenvalue weighted by atomic mass is 19.1. The molecule has 2 fully saturated rings. The van der Waals surface area contributed by atoms with E-state index in [2.05, 4.69) is 5.32 Å². The molecule has 7 heteroatoms. The third kappa shape index (κ3) is 5.66. The van der Waals surface area contributed by atoms with E-state index in [0.717, 1.165) is 32.1 Å². The van der Waals surface area contributed by atoms with Gasteiger partial charge in [-0.3, -0.25) is 14.4 Å². The van der Waals surface area contributed by atoms with E-state index in [9.17, 15) is 14.4 Å². The molecule has 2 unspecified atom stereocenters. The van der Waals surface area contributed by atoms with Gasteiger partial charge in [-0.2, -0.15) is 0 Å². The molecule has 1 aliphatic carbocycles. The van der Waals surface area contributed by atoms with Gasteiger partial charge in [0, 0.05) is 23.9 Å². The molecule has 2 aliphatic rings. The second-order valence-electron chi connectivity index (χ2n) is 10.9. The smallest absolute Gasteiger partial charge is 0.254 e. The number of hydrogen-bond donors (Lipinski definition) is 1. The predicted molar refractivity (Wildman–Crippen MR) is 128 cm³/mol.